The quantitative estimate of drug-likeness (QED) is 0.688. The molecule has 0 saturated heterocycles. The Morgan fingerprint density at radius 3 is 2.43 bits per heavy atom. The van der Waals surface area contributed by atoms with Crippen molar-refractivity contribution in [1.82, 2.24) is 0 Å². The first-order chi connectivity index (χ1) is 6.56. The molecule has 3 nitrogen and oxygen atoms in total. The van der Waals surface area contributed by atoms with Crippen LogP contribution < -0.4 is 5.73 Å². The molecule has 0 aliphatic heterocycles. The number of hydrogen-bond acceptors (Lipinski definition) is 3. The van der Waals surface area contributed by atoms with Crippen LogP contribution in [0, 0.1) is 11.6 Å². The summed E-state index contributed by atoms with van der Waals surface area (Å²) in [7, 11) is 0. The van der Waals surface area contributed by atoms with Crippen molar-refractivity contribution in [2.24, 2.45) is 5.73 Å². The van der Waals surface area contributed by atoms with Crippen LogP contribution in [0.4, 0.5) is 8.78 Å². The molecule has 1 aromatic rings. The van der Waals surface area contributed by atoms with Crippen molar-refractivity contribution < 1.29 is 19.0 Å². The summed E-state index contributed by atoms with van der Waals surface area (Å²) in [6.07, 6.45) is 0.179. The Kier molecular flexibility index (Phi) is 3.38. The highest BCUT2D eigenvalue weighted by Crippen LogP contribution is 2.26. The second kappa shape index (κ2) is 4.34. The van der Waals surface area contributed by atoms with Gasteiger partial charge in [0.25, 0.3) is 0 Å². The second-order valence-corrected chi connectivity index (χ2v) is 2.94. The lowest BCUT2D eigenvalue weighted by Gasteiger charge is -2.12. The van der Waals surface area contributed by atoms with Gasteiger partial charge in [-0.1, -0.05) is 0 Å². The van der Waals surface area contributed by atoms with Crippen LogP contribution in [0.25, 0.3) is 0 Å². The lowest BCUT2D eigenvalue weighted by atomic mass is 10.0. The van der Waals surface area contributed by atoms with E-state index in [-0.39, 0.29) is 18.6 Å². The molecule has 0 aliphatic rings. The molecule has 1 rings (SSSR count). The topological polar surface area (TPSA) is 66.5 Å². The van der Waals surface area contributed by atoms with Gasteiger partial charge >= 0.3 is 0 Å². The molecule has 0 amide bonds. The SMILES string of the molecule is N[C@H](CCO)c1cc(F)c(F)cc1O. The third-order valence-corrected chi connectivity index (χ3v) is 1.91. The normalized spacial score (nSPS) is 12.9. The first-order valence-corrected chi connectivity index (χ1v) is 4.10. The Bertz CT molecular complexity index is 331. The van der Waals surface area contributed by atoms with Gasteiger partial charge in [0, 0.05) is 24.3 Å². The molecule has 0 unspecified atom stereocenters. The molecule has 0 heterocycles. The van der Waals surface area contributed by atoms with Crippen LogP contribution in [0.5, 0.6) is 5.75 Å². The minimum atomic E-state index is -1.12. The van der Waals surface area contributed by atoms with Crippen molar-refractivity contribution >= 4 is 0 Å². The minimum Gasteiger partial charge on any atom is -0.507 e. The van der Waals surface area contributed by atoms with Crippen molar-refractivity contribution in [1.29, 1.82) is 0 Å². The van der Waals surface area contributed by atoms with E-state index < -0.39 is 23.4 Å². The van der Waals surface area contributed by atoms with Gasteiger partial charge in [0.15, 0.2) is 11.6 Å². The average molecular weight is 203 g/mol. The molecule has 0 spiro atoms. The molecule has 78 valence electrons. The molecule has 1 aromatic carbocycles. The smallest absolute Gasteiger partial charge is 0.162 e. The largest absolute Gasteiger partial charge is 0.507 e. The van der Waals surface area contributed by atoms with Crippen LogP contribution in [0.1, 0.15) is 18.0 Å². The van der Waals surface area contributed by atoms with Crippen LogP contribution in [0.15, 0.2) is 12.1 Å². The Morgan fingerprint density at radius 1 is 1.29 bits per heavy atom. The number of phenols is 1. The maximum Gasteiger partial charge on any atom is 0.162 e. The van der Waals surface area contributed by atoms with Gasteiger partial charge < -0.3 is 15.9 Å². The number of hydrogen-bond donors (Lipinski definition) is 3. The second-order valence-electron chi connectivity index (χ2n) is 2.94. The molecule has 5 heteroatoms. The number of benzene rings is 1. The molecular weight excluding hydrogens is 192 g/mol. The highest BCUT2D eigenvalue weighted by molar-refractivity contribution is 5.35. The van der Waals surface area contributed by atoms with Crippen molar-refractivity contribution in [3.63, 3.8) is 0 Å². The number of rotatable bonds is 3. The summed E-state index contributed by atoms with van der Waals surface area (Å²) < 4.78 is 25.3. The zero-order valence-electron chi connectivity index (χ0n) is 7.37. The molecule has 0 aliphatic carbocycles. The summed E-state index contributed by atoms with van der Waals surface area (Å²) in [5, 5.41) is 17.8. The Labute approximate surface area is 79.8 Å². The maximum atomic E-state index is 12.8. The zero-order valence-corrected chi connectivity index (χ0v) is 7.37. The van der Waals surface area contributed by atoms with Gasteiger partial charge in [0.1, 0.15) is 5.75 Å². The molecular formula is C9H11F2NO2. The molecule has 0 aromatic heterocycles. The Morgan fingerprint density at radius 2 is 1.86 bits per heavy atom. The average Bonchev–Trinajstić information content (AvgIpc) is 2.11. The summed E-state index contributed by atoms with van der Waals surface area (Å²) in [6, 6.07) is 0.808. The van der Waals surface area contributed by atoms with E-state index >= 15 is 0 Å². The highest BCUT2D eigenvalue weighted by atomic mass is 19.2. The van der Waals surface area contributed by atoms with Crippen molar-refractivity contribution in [3.8, 4) is 5.75 Å². The van der Waals surface area contributed by atoms with E-state index in [9.17, 15) is 13.9 Å². The number of aliphatic hydroxyl groups excluding tert-OH is 1. The number of aliphatic hydroxyl groups is 1. The fraction of sp³-hybridized carbons (Fsp3) is 0.333. The first kappa shape index (κ1) is 10.9. The predicted molar refractivity (Wildman–Crippen MR) is 46.7 cm³/mol. The van der Waals surface area contributed by atoms with Crippen molar-refractivity contribution in [3.05, 3.63) is 29.3 Å². The number of halogens is 2. The number of phenolic OH excluding ortho intramolecular Hbond substituents is 1. The molecule has 14 heavy (non-hydrogen) atoms. The number of nitrogens with two attached hydrogens (primary N) is 1. The van der Waals surface area contributed by atoms with Gasteiger partial charge in [-0.3, -0.25) is 0 Å². The lowest BCUT2D eigenvalue weighted by molar-refractivity contribution is 0.275. The Hall–Kier alpha value is -1.20. The fourth-order valence-electron chi connectivity index (χ4n) is 1.14. The third-order valence-electron chi connectivity index (χ3n) is 1.91. The summed E-state index contributed by atoms with van der Waals surface area (Å²) in [6.45, 7) is -0.181. The minimum absolute atomic E-state index is 0.0953. The lowest BCUT2D eigenvalue weighted by Crippen LogP contribution is -2.12. The van der Waals surface area contributed by atoms with E-state index in [1.807, 2.05) is 0 Å². The summed E-state index contributed by atoms with van der Waals surface area (Å²) in [5.41, 5.74) is 5.61. The molecule has 0 fully saturated rings. The summed E-state index contributed by atoms with van der Waals surface area (Å²) in [4.78, 5) is 0. The van der Waals surface area contributed by atoms with Gasteiger partial charge in [-0.15, -0.1) is 0 Å². The van der Waals surface area contributed by atoms with Gasteiger partial charge in [-0.2, -0.15) is 0 Å². The van der Waals surface area contributed by atoms with Gasteiger partial charge in [0.2, 0.25) is 0 Å². The third kappa shape index (κ3) is 2.18. The molecule has 1 atom stereocenters. The fourth-order valence-corrected chi connectivity index (χ4v) is 1.14. The van der Waals surface area contributed by atoms with Crippen LogP contribution in [-0.2, 0) is 0 Å². The molecule has 4 N–H and O–H groups in total. The van der Waals surface area contributed by atoms with E-state index in [2.05, 4.69) is 0 Å². The first-order valence-electron chi connectivity index (χ1n) is 4.10. The highest BCUT2D eigenvalue weighted by Gasteiger charge is 2.14. The molecule has 0 saturated carbocycles. The van der Waals surface area contributed by atoms with E-state index in [1.54, 1.807) is 0 Å². The summed E-state index contributed by atoms with van der Waals surface area (Å²) >= 11 is 0. The van der Waals surface area contributed by atoms with Crippen LogP contribution in [0.3, 0.4) is 0 Å². The maximum absolute atomic E-state index is 12.8. The van der Waals surface area contributed by atoms with Crippen LogP contribution in [0.2, 0.25) is 0 Å². The monoisotopic (exact) mass is 203 g/mol. The molecule has 0 bridgehead atoms. The number of aromatic hydroxyl groups is 1. The van der Waals surface area contributed by atoms with E-state index in [4.69, 9.17) is 10.8 Å². The van der Waals surface area contributed by atoms with E-state index in [1.165, 1.54) is 0 Å². The van der Waals surface area contributed by atoms with Crippen molar-refractivity contribution in [2.75, 3.05) is 6.61 Å². The summed E-state index contributed by atoms with van der Waals surface area (Å²) in [5.74, 6) is -2.58. The predicted octanol–water partition coefficient (Wildman–Crippen LogP) is 1.05. The standard InChI is InChI=1S/C9H11F2NO2/c10-6-3-5(8(12)1-2-13)9(14)4-7(6)11/h3-4,8,13-14H,1-2,12H2/t8-/m1/s1. The van der Waals surface area contributed by atoms with Crippen LogP contribution in [-0.4, -0.2) is 16.8 Å². The van der Waals surface area contributed by atoms with Gasteiger partial charge in [-0.05, 0) is 12.5 Å². The molecule has 0 radical (unpaired) electrons. The zero-order chi connectivity index (χ0) is 10.7. The van der Waals surface area contributed by atoms with Gasteiger partial charge in [-0.25, -0.2) is 8.78 Å². The van der Waals surface area contributed by atoms with E-state index in [0.29, 0.717) is 6.07 Å². The van der Waals surface area contributed by atoms with E-state index in [0.717, 1.165) is 6.07 Å². The van der Waals surface area contributed by atoms with Crippen LogP contribution >= 0.6 is 0 Å². The van der Waals surface area contributed by atoms with Crippen molar-refractivity contribution in [2.45, 2.75) is 12.5 Å². The van der Waals surface area contributed by atoms with Gasteiger partial charge in [0.05, 0.1) is 0 Å². The Balaban J connectivity index is 3.02.